The van der Waals surface area contributed by atoms with Crippen LogP contribution in [0.1, 0.15) is 59.5 Å². The first kappa shape index (κ1) is 26.3. The maximum Gasteiger partial charge on any atom is 0.258 e. The van der Waals surface area contributed by atoms with Gasteiger partial charge in [0.25, 0.3) is 5.91 Å². The van der Waals surface area contributed by atoms with E-state index < -0.39 is 0 Å². The lowest BCUT2D eigenvalue weighted by atomic mass is 9.84. The molecule has 1 amide bonds. The fourth-order valence-electron chi connectivity index (χ4n) is 5.41. The number of hydrogen-bond donors (Lipinski definition) is 2. The van der Waals surface area contributed by atoms with Gasteiger partial charge in [-0.2, -0.15) is 0 Å². The summed E-state index contributed by atoms with van der Waals surface area (Å²) in [7, 11) is 1.98. The van der Waals surface area contributed by atoms with Crippen molar-refractivity contribution in [3.05, 3.63) is 93.0 Å². The molecule has 5 aromatic rings. The van der Waals surface area contributed by atoms with Crippen molar-refractivity contribution in [2.24, 2.45) is 12.0 Å². The first-order chi connectivity index (χ1) is 19.5. The minimum Gasteiger partial charge on any atom is -0.313 e. The maximum atomic E-state index is 12.5. The zero-order chi connectivity index (χ0) is 27.6. The van der Waals surface area contributed by atoms with Gasteiger partial charge in [-0.1, -0.05) is 71.8 Å². The van der Waals surface area contributed by atoms with Gasteiger partial charge in [0.15, 0.2) is 0 Å². The molecule has 1 aliphatic carbocycles. The Labute approximate surface area is 240 Å². The maximum absolute atomic E-state index is 12.5. The summed E-state index contributed by atoms with van der Waals surface area (Å²) >= 11 is 12.8. The number of fused-ring (bicyclic) bond motifs is 1. The van der Waals surface area contributed by atoms with Gasteiger partial charge in [0.2, 0.25) is 11.6 Å². The normalized spacial score (nSPS) is 14.6. The zero-order valence-electron chi connectivity index (χ0n) is 21.9. The summed E-state index contributed by atoms with van der Waals surface area (Å²) in [4.78, 5) is 17.6. The van der Waals surface area contributed by atoms with Crippen LogP contribution in [-0.2, 0) is 13.6 Å². The summed E-state index contributed by atoms with van der Waals surface area (Å²) < 4.78 is 4.14. The number of nitrogens with one attached hydrogen (secondary N) is 2. The third-order valence-corrected chi connectivity index (χ3v) is 8.27. The zero-order valence-corrected chi connectivity index (χ0v) is 23.5. The van der Waals surface area contributed by atoms with Crippen LogP contribution in [0, 0.1) is 0 Å². The largest absolute Gasteiger partial charge is 0.313 e. The number of carbonyl (C=O) groups excluding carboxylic acids is 1. The lowest BCUT2D eigenvalue weighted by Crippen LogP contribution is -2.24. The Kier molecular flexibility index (Phi) is 7.40. The van der Waals surface area contributed by atoms with Gasteiger partial charge in [0, 0.05) is 12.6 Å². The number of benzene rings is 3. The molecule has 9 nitrogen and oxygen atoms in total. The van der Waals surface area contributed by atoms with Gasteiger partial charge in [-0.3, -0.25) is 10.1 Å². The first-order valence-electron chi connectivity index (χ1n) is 13.3. The number of carbonyl (C=O) groups is 1. The molecule has 1 aliphatic rings. The van der Waals surface area contributed by atoms with Gasteiger partial charge >= 0.3 is 0 Å². The third-order valence-electron chi connectivity index (χ3n) is 7.54. The molecule has 1 saturated carbocycles. The Morgan fingerprint density at radius 2 is 1.70 bits per heavy atom. The number of aryl methyl sites for hydroxylation is 1. The topological polar surface area (TPSA) is 106 Å². The van der Waals surface area contributed by atoms with E-state index in [9.17, 15) is 4.79 Å². The minimum absolute atomic E-state index is 0.189. The second-order valence-electron chi connectivity index (χ2n) is 10.1. The van der Waals surface area contributed by atoms with Crippen molar-refractivity contribution in [2.45, 2.75) is 44.6 Å². The van der Waals surface area contributed by atoms with Crippen molar-refractivity contribution in [2.75, 3.05) is 5.32 Å². The lowest BCUT2D eigenvalue weighted by Gasteiger charge is -2.21. The minimum atomic E-state index is -0.309. The average Bonchev–Trinajstić information content (AvgIpc) is 3.57. The Morgan fingerprint density at radius 1 is 1.00 bits per heavy atom. The highest BCUT2D eigenvalue weighted by Gasteiger charge is 2.16. The van der Waals surface area contributed by atoms with E-state index in [4.69, 9.17) is 28.2 Å². The summed E-state index contributed by atoms with van der Waals surface area (Å²) in [5.41, 5.74) is 6.35. The fourth-order valence-corrected chi connectivity index (χ4v) is 5.72. The number of anilines is 1. The molecule has 40 heavy (non-hydrogen) atoms. The van der Waals surface area contributed by atoms with Crippen molar-refractivity contribution in [3.63, 3.8) is 0 Å². The molecule has 1 fully saturated rings. The van der Waals surface area contributed by atoms with Crippen LogP contribution < -0.4 is 10.9 Å². The SMILES string of the molecule is Cn1/c(=N\c2ccc(C3CCCCC3)cc2)n(Cc2ccc(C(=O)Nc3nnn[nH]3)cc2)c2cc(Cl)c(Cl)cc21. The Bertz CT molecular complexity index is 1720. The molecule has 0 unspecified atom stereocenters. The highest BCUT2D eigenvalue weighted by molar-refractivity contribution is 6.42. The van der Waals surface area contributed by atoms with Crippen LogP contribution in [-0.4, -0.2) is 35.7 Å². The predicted molar refractivity (Wildman–Crippen MR) is 156 cm³/mol. The van der Waals surface area contributed by atoms with Gasteiger partial charge in [-0.25, -0.2) is 10.1 Å². The molecule has 0 saturated heterocycles. The molecule has 2 N–H and O–H groups in total. The number of hydrogen-bond acceptors (Lipinski definition) is 5. The molecule has 0 spiro atoms. The van der Waals surface area contributed by atoms with Crippen LogP contribution >= 0.6 is 23.2 Å². The highest BCUT2D eigenvalue weighted by atomic mass is 35.5. The van der Waals surface area contributed by atoms with Crippen LogP contribution in [0.15, 0.2) is 65.7 Å². The lowest BCUT2D eigenvalue weighted by molar-refractivity contribution is 0.102. The standard InChI is InChI=1S/C29H28Cl2N8O/c1-38-25-15-23(30)24(31)16-26(25)39(17-18-7-9-21(10-8-18)27(40)33-28-34-36-37-35-28)29(38)32-22-13-11-20(12-14-22)19-5-3-2-4-6-19/h7-16,19H,2-6,17H2,1H3,(H2,33,34,35,36,37,40)/b32-29+. The fraction of sp³-hybridized carbons (Fsp3) is 0.276. The molecule has 204 valence electrons. The molecule has 0 radical (unpaired) electrons. The summed E-state index contributed by atoms with van der Waals surface area (Å²) in [5.74, 6) is 0.526. The summed E-state index contributed by atoms with van der Waals surface area (Å²) in [6.45, 7) is 0.516. The molecule has 0 atom stereocenters. The van der Waals surface area contributed by atoms with Crippen LogP contribution in [0.4, 0.5) is 11.6 Å². The van der Waals surface area contributed by atoms with Crippen LogP contribution in [0.2, 0.25) is 10.0 Å². The van der Waals surface area contributed by atoms with Crippen molar-refractivity contribution in [1.82, 2.24) is 29.8 Å². The monoisotopic (exact) mass is 574 g/mol. The van der Waals surface area contributed by atoms with Crippen LogP contribution in [0.25, 0.3) is 11.0 Å². The van der Waals surface area contributed by atoms with E-state index in [1.54, 1.807) is 12.1 Å². The quantitative estimate of drug-likeness (QED) is 0.245. The molecule has 0 aliphatic heterocycles. The second kappa shape index (κ2) is 11.3. The number of rotatable bonds is 6. The predicted octanol–water partition coefficient (Wildman–Crippen LogP) is 6.38. The molecule has 11 heteroatoms. The first-order valence-corrected chi connectivity index (χ1v) is 14.0. The Morgan fingerprint density at radius 3 is 2.38 bits per heavy atom. The second-order valence-corrected chi connectivity index (χ2v) is 11.0. The van der Waals surface area contributed by atoms with E-state index in [1.165, 1.54) is 37.7 Å². The Balaban J connectivity index is 1.34. The number of amides is 1. The van der Waals surface area contributed by atoms with Crippen LogP contribution in [0.5, 0.6) is 0 Å². The number of nitrogens with zero attached hydrogens (tertiary/aromatic N) is 6. The number of halogens is 2. The molecule has 6 rings (SSSR count). The summed E-state index contributed by atoms with van der Waals surface area (Å²) in [6.07, 6.45) is 6.48. The van der Waals surface area contributed by atoms with Gasteiger partial charge in [0.1, 0.15) is 0 Å². The molecular formula is C29H28Cl2N8O. The van der Waals surface area contributed by atoms with E-state index >= 15 is 0 Å². The van der Waals surface area contributed by atoms with Crippen molar-refractivity contribution < 1.29 is 4.79 Å². The Hall–Kier alpha value is -3.95. The number of H-pyrrole nitrogens is 1. The van der Waals surface area contributed by atoms with Gasteiger partial charge in [-0.05, 0) is 76.7 Å². The molecule has 0 bridgehead atoms. The summed E-state index contributed by atoms with van der Waals surface area (Å²) in [5, 5.41) is 16.7. The van der Waals surface area contributed by atoms with E-state index in [2.05, 4.69) is 54.8 Å². The number of aromatic amines is 1. The van der Waals surface area contributed by atoms with Crippen molar-refractivity contribution >= 4 is 51.8 Å². The van der Waals surface area contributed by atoms with Gasteiger partial charge in [-0.15, -0.1) is 0 Å². The van der Waals surface area contributed by atoms with E-state index in [0.29, 0.717) is 28.1 Å². The van der Waals surface area contributed by atoms with E-state index in [1.807, 2.05) is 35.9 Å². The van der Waals surface area contributed by atoms with Gasteiger partial charge < -0.3 is 9.13 Å². The third kappa shape index (κ3) is 5.39. The highest BCUT2D eigenvalue weighted by Crippen LogP contribution is 2.33. The smallest absolute Gasteiger partial charge is 0.258 e. The number of tetrazole rings is 1. The van der Waals surface area contributed by atoms with Gasteiger partial charge in [0.05, 0.1) is 33.3 Å². The summed E-state index contributed by atoms with van der Waals surface area (Å²) in [6, 6.07) is 19.7. The molecule has 2 aromatic heterocycles. The molecular weight excluding hydrogens is 547 g/mol. The number of aromatic nitrogens is 6. The van der Waals surface area contributed by atoms with Crippen molar-refractivity contribution in [1.29, 1.82) is 0 Å². The van der Waals surface area contributed by atoms with E-state index in [0.717, 1.165) is 27.9 Å². The van der Waals surface area contributed by atoms with Crippen LogP contribution in [0.3, 0.4) is 0 Å². The van der Waals surface area contributed by atoms with E-state index in [-0.39, 0.29) is 11.9 Å². The van der Waals surface area contributed by atoms with Crippen molar-refractivity contribution in [3.8, 4) is 0 Å². The number of imidazole rings is 1. The molecule has 3 aromatic carbocycles. The average molecular weight is 576 g/mol. The molecule has 2 heterocycles.